The number of hydrogen-bond donors (Lipinski definition) is 2. The zero-order chi connectivity index (χ0) is 29.9. The number of alkyl carbamates (subject to hydrolysis) is 1. The summed E-state index contributed by atoms with van der Waals surface area (Å²) in [6.45, 7) is 0.0231. The van der Waals surface area contributed by atoms with Crippen LogP contribution in [0.3, 0.4) is 0 Å². The summed E-state index contributed by atoms with van der Waals surface area (Å²) in [4.78, 5) is 45.9. The highest BCUT2D eigenvalue weighted by Gasteiger charge is 2.45. The summed E-state index contributed by atoms with van der Waals surface area (Å²) in [6, 6.07) is 20.4. The Morgan fingerprint density at radius 3 is 2.29 bits per heavy atom. The van der Waals surface area contributed by atoms with Gasteiger partial charge >= 0.3 is 12.3 Å². The Balaban J connectivity index is 1.42. The van der Waals surface area contributed by atoms with Crippen LogP contribution in [0.5, 0.6) is 0 Å². The van der Waals surface area contributed by atoms with Gasteiger partial charge in [-0.1, -0.05) is 73.5 Å². The largest absolute Gasteiger partial charge is 0.445 e. The minimum atomic E-state index is -4.51. The molecular formula is C31H29F3N4O4. The molecule has 8 nitrogen and oxygen atoms in total. The molecule has 1 saturated carbocycles. The fraction of sp³-hybridized carbons (Fsp3) is 0.290. The Bertz CT molecular complexity index is 1500. The Morgan fingerprint density at radius 1 is 0.976 bits per heavy atom. The number of nitrogens with one attached hydrogen (secondary N) is 2. The first-order chi connectivity index (χ1) is 20.1. The van der Waals surface area contributed by atoms with Gasteiger partial charge < -0.3 is 20.3 Å². The molecule has 0 aromatic heterocycles. The van der Waals surface area contributed by atoms with Crippen molar-refractivity contribution in [3.8, 4) is 0 Å². The third kappa shape index (κ3) is 6.00. The molecule has 42 heavy (non-hydrogen) atoms. The highest BCUT2D eigenvalue weighted by atomic mass is 19.4. The summed E-state index contributed by atoms with van der Waals surface area (Å²) in [5.74, 6) is -1.14. The molecule has 0 spiro atoms. The monoisotopic (exact) mass is 578 g/mol. The third-order valence-corrected chi connectivity index (χ3v) is 7.54. The summed E-state index contributed by atoms with van der Waals surface area (Å²) in [7, 11) is 1.54. The Morgan fingerprint density at radius 2 is 1.62 bits per heavy atom. The number of carbonyl (C=O) groups is 3. The number of ether oxygens (including phenoxy) is 1. The molecule has 3 amide bonds. The molecule has 0 bridgehead atoms. The van der Waals surface area contributed by atoms with Crippen molar-refractivity contribution in [3.05, 3.63) is 101 Å². The summed E-state index contributed by atoms with van der Waals surface area (Å²) in [6.07, 6.45) is -4.64. The maximum Gasteiger partial charge on any atom is 0.416 e. The molecule has 1 unspecified atom stereocenters. The predicted octanol–water partition coefficient (Wildman–Crippen LogP) is 5.20. The first-order valence-electron chi connectivity index (χ1n) is 13.5. The van der Waals surface area contributed by atoms with E-state index >= 15 is 0 Å². The molecule has 218 valence electrons. The van der Waals surface area contributed by atoms with E-state index in [0.717, 1.165) is 17.7 Å². The predicted molar refractivity (Wildman–Crippen MR) is 150 cm³/mol. The van der Waals surface area contributed by atoms with Crippen molar-refractivity contribution in [2.75, 3.05) is 11.9 Å². The van der Waals surface area contributed by atoms with Crippen LogP contribution in [0.4, 0.5) is 23.7 Å². The number of anilines is 1. The zero-order valence-electron chi connectivity index (χ0n) is 22.8. The second-order valence-corrected chi connectivity index (χ2v) is 10.3. The number of halogens is 3. The molecule has 1 aliphatic carbocycles. The second kappa shape index (κ2) is 11.7. The number of rotatable bonds is 6. The van der Waals surface area contributed by atoms with Crippen molar-refractivity contribution < 1.29 is 32.3 Å². The van der Waals surface area contributed by atoms with E-state index in [2.05, 4.69) is 15.6 Å². The first-order valence-corrected chi connectivity index (χ1v) is 13.5. The Hall–Kier alpha value is -4.67. The highest BCUT2D eigenvalue weighted by molar-refractivity contribution is 6.20. The number of fused-ring (bicyclic) bond motifs is 1. The number of hydrogen-bond acceptors (Lipinski definition) is 5. The zero-order valence-corrected chi connectivity index (χ0v) is 22.8. The van der Waals surface area contributed by atoms with Crippen molar-refractivity contribution >= 4 is 29.3 Å². The van der Waals surface area contributed by atoms with Gasteiger partial charge in [0.2, 0.25) is 12.1 Å². The summed E-state index contributed by atoms with van der Waals surface area (Å²) in [5.41, 5.74) is 0.248. The number of amides is 3. The number of benzene rings is 3. The van der Waals surface area contributed by atoms with Gasteiger partial charge in [0.25, 0.3) is 5.91 Å². The SMILES string of the molecule is CN1C(=O)C(NC(=O)C2(NC(=O)OCc3ccccc3)CCCC2)N=C(c2ccc(C(F)(F)F)cc2)c2ccccc21. The van der Waals surface area contributed by atoms with Gasteiger partial charge in [-0.05, 0) is 36.6 Å². The molecular weight excluding hydrogens is 549 g/mol. The average molecular weight is 579 g/mol. The first kappa shape index (κ1) is 28.8. The fourth-order valence-electron chi connectivity index (χ4n) is 5.27. The van der Waals surface area contributed by atoms with Crippen molar-refractivity contribution in [1.29, 1.82) is 0 Å². The molecule has 1 fully saturated rings. The van der Waals surface area contributed by atoms with Crippen LogP contribution in [0.2, 0.25) is 0 Å². The molecule has 3 aromatic rings. The van der Waals surface area contributed by atoms with Gasteiger partial charge in [0.05, 0.1) is 17.0 Å². The number of carbonyl (C=O) groups excluding carboxylic acids is 3. The van der Waals surface area contributed by atoms with Crippen LogP contribution in [-0.4, -0.2) is 42.4 Å². The number of nitrogens with zero attached hydrogens (tertiary/aromatic N) is 2. The molecule has 1 aliphatic heterocycles. The lowest BCUT2D eigenvalue weighted by atomic mass is 9.96. The number of likely N-dealkylation sites (N-methyl/N-ethyl adjacent to an activating group) is 1. The topological polar surface area (TPSA) is 100 Å². The van der Waals surface area contributed by atoms with Gasteiger partial charge in [-0.3, -0.25) is 9.59 Å². The molecule has 2 N–H and O–H groups in total. The maximum atomic E-state index is 13.7. The molecule has 2 aliphatic rings. The van der Waals surface area contributed by atoms with E-state index in [1.807, 2.05) is 30.3 Å². The third-order valence-electron chi connectivity index (χ3n) is 7.54. The van der Waals surface area contributed by atoms with E-state index in [4.69, 9.17) is 4.74 Å². The van der Waals surface area contributed by atoms with E-state index in [1.165, 1.54) is 24.1 Å². The van der Waals surface area contributed by atoms with E-state index in [9.17, 15) is 27.6 Å². The summed E-state index contributed by atoms with van der Waals surface area (Å²) in [5, 5.41) is 5.42. The lowest BCUT2D eigenvalue weighted by Crippen LogP contribution is -2.60. The fourth-order valence-corrected chi connectivity index (χ4v) is 5.27. The van der Waals surface area contributed by atoms with Crippen LogP contribution in [0, 0.1) is 0 Å². The molecule has 1 heterocycles. The van der Waals surface area contributed by atoms with Gasteiger partial charge in [-0.25, -0.2) is 9.79 Å². The van der Waals surface area contributed by atoms with Crippen LogP contribution in [0.25, 0.3) is 0 Å². The van der Waals surface area contributed by atoms with E-state index in [1.54, 1.807) is 24.3 Å². The van der Waals surface area contributed by atoms with Crippen molar-refractivity contribution in [3.63, 3.8) is 0 Å². The highest BCUT2D eigenvalue weighted by Crippen LogP contribution is 2.33. The lowest BCUT2D eigenvalue weighted by molar-refractivity contribution is -0.137. The van der Waals surface area contributed by atoms with Crippen LogP contribution in [-0.2, 0) is 27.1 Å². The standard InChI is InChI=1S/C31H29F3N4O4/c1-38-24-12-6-5-11-23(24)25(21-13-15-22(16-14-21)31(32,33)34)35-26(27(38)39)36-28(40)30(17-7-8-18-30)37-29(41)42-19-20-9-3-2-4-10-20/h2-6,9-16,26H,7-8,17-19H2,1H3,(H,36,40)(H,37,41). The normalized spacial score (nSPS) is 18.0. The van der Waals surface area contributed by atoms with Gasteiger partial charge in [0.15, 0.2) is 0 Å². The second-order valence-electron chi connectivity index (χ2n) is 10.3. The van der Waals surface area contributed by atoms with Crippen LogP contribution in [0.15, 0.2) is 83.9 Å². The summed E-state index contributed by atoms with van der Waals surface area (Å²) < 4.78 is 45.0. The van der Waals surface area contributed by atoms with Gasteiger partial charge in [0.1, 0.15) is 12.1 Å². The van der Waals surface area contributed by atoms with E-state index < -0.39 is 41.4 Å². The molecule has 0 saturated heterocycles. The number of aliphatic imine (C=N–C) groups is 1. The van der Waals surface area contributed by atoms with Gasteiger partial charge in [-0.15, -0.1) is 0 Å². The number of alkyl halides is 3. The van der Waals surface area contributed by atoms with Crippen LogP contribution >= 0.6 is 0 Å². The molecule has 0 radical (unpaired) electrons. The van der Waals surface area contributed by atoms with Crippen molar-refractivity contribution in [1.82, 2.24) is 10.6 Å². The van der Waals surface area contributed by atoms with Crippen LogP contribution < -0.4 is 15.5 Å². The minimum Gasteiger partial charge on any atom is -0.445 e. The quantitative estimate of drug-likeness (QED) is 0.420. The van der Waals surface area contributed by atoms with E-state index in [0.29, 0.717) is 42.5 Å². The smallest absolute Gasteiger partial charge is 0.416 e. The van der Waals surface area contributed by atoms with Crippen molar-refractivity contribution in [2.45, 2.75) is 50.2 Å². The average Bonchev–Trinajstić information content (AvgIpc) is 3.43. The van der Waals surface area contributed by atoms with Crippen molar-refractivity contribution in [2.24, 2.45) is 4.99 Å². The molecule has 5 rings (SSSR count). The van der Waals surface area contributed by atoms with E-state index in [-0.39, 0.29) is 12.3 Å². The lowest BCUT2D eigenvalue weighted by Gasteiger charge is -2.30. The molecule has 3 aromatic carbocycles. The minimum absolute atomic E-state index is 0.0231. The number of benzodiazepines with no additional fused rings is 1. The summed E-state index contributed by atoms with van der Waals surface area (Å²) >= 11 is 0. The maximum absolute atomic E-state index is 13.7. The molecule has 11 heteroatoms. The number of para-hydroxylation sites is 1. The van der Waals surface area contributed by atoms with Gasteiger partial charge in [-0.2, -0.15) is 13.2 Å². The van der Waals surface area contributed by atoms with Gasteiger partial charge in [0, 0.05) is 18.2 Å². The Labute approximate surface area is 240 Å². The molecule has 1 atom stereocenters. The van der Waals surface area contributed by atoms with Crippen LogP contribution in [0.1, 0.15) is 47.9 Å². The Kier molecular flexibility index (Phi) is 8.02.